The van der Waals surface area contributed by atoms with E-state index >= 15 is 0 Å². The molecule has 21 heavy (non-hydrogen) atoms. The second kappa shape index (κ2) is 7.13. The average Bonchev–Trinajstić information content (AvgIpc) is 2.48. The van der Waals surface area contributed by atoms with Crippen LogP contribution < -0.4 is 15.2 Å². The molecule has 0 bridgehead atoms. The highest BCUT2D eigenvalue weighted by Gasteiger charge is 2.19. The van der Waals surface area contributed by atoms with Crippen LogP contribution in [-0.4, -0.2) is 14.2 Å². The molecule has 1 unspecified atom stereocenters. The van der Waals surface area contributed by atoms with Gasteiger partial charge in [-0.15, -0.1) is 0 Å². The minimum absolute atomic E-state index is 0.339. The van der Waals surface area contributed by atoms with Crippen molar-refractivity contribution in [1.82, 2.24) is 0 Å². The summed E-state index contributed by atoms with van der Waals surface area (Å²) in [5.74, 6) is 1.43. The number of ether oxygens (including phenoxy) is 2. The number of methoxy groups -OCH3 is 2. The third kappa shape index (κ3) is 3.62. The lowest BCUT2D eigenvalue weighted by molar-refractivity contribution is 0.395. The zero-order valence-corrected chi connectivity index (χ0v) is 16.2. The number of benzene rings is 2. The minimum Gasteiger partial charge on any atom is -0.496 e. The first-order valence-electron chi connectivity index (χ1n) is 6.10. The molecule has 2 aromatic rings. The van der Waals surface area contributed by atoms with Crippen LogP contribution in [0.4, 0.5) is 0 Å². The molecule has 0 aliphatic carbocycles. The zero-order chi connectivity index (χ0) is 15.6. The van der Waals surface area contributed by atoms with Gasteiger partial charge < -0.3 is 15.2 Å². The van der Waals surface area contributed by atoms with Crippen molar-refractivity contribution in [3.63, 3.8) is 0 Å². The topological polar surface area (TPSA) is 44.5 Å². The van der Waals surface area contributed by atoms with Gasteiger partial charge in [0.2, 0.25) is 0 Å². The Bertz CT molecular complexity index is 662. The molecule has 3 nitrogen and oxygen atoms in total. The summed E-state index contributed by atoms with van der Waals surface area (Å²) >= 11 is 10.5. The normalized spacial score (nSPS) is 12.1. The van der Waals surface area contributed by atoms with Gasteiger partial charge in [-0.05, 0) is 51.8 Å². The fraction of sp³-hybridized carbons (Fsp3) is 0.200. The summed E-state index contributed by atoms with van der Waals surface area (Å²) in [6, 6.07) is 9.32. The number of halogens is 3. The van der Waals surface area contributed by atoms with Gasteiger partial charge in [-0.2, -0.15) is 0 Å². The van der Waals surface area contributed by atoms with Crippen LogP contribution in [0.1, 0.15) is 17.2 Å². The summed E-state index contributed by atoms with van der Waals surface area (Å²) in [7, 11) is 3.25. The molecule has 0 heterocycles. The van der Waals surface area contributed by atoms with Crippen molar-refractivity contribution < 1.29 is 9.47 Å². The molecule has 6 heteroatoms. The van der Waals surface area contributed by atoms with Gasteiger partial charge in [0.1, 0.15) is 11.5 Å². The summed E-state index contributed by atoms with van der Waals surface area (Å²) in [6.07, 6.45) is 0. The van der Waals surface area contributed by atoms with E-state index in [1.807, 2.05) is 30.3 Å². The first kappa shape index (κ1) is 16.8. The molecular weight excluding hydrogens is 466 g/mol. The van der Waals surface area contributed by atoms with Crippen LogP contribution in [0.25, 0.3) is 0 Å². The van der Waals surface area contributed by atoms with Crippen LogP contribution in [0.2, 0.25) is 0 Å². The smallest absolute Gasteiger partial charge is 0.133 e. The second-order valence-corrected chi connectivity index (χ2v) is 7.00. The number of rotatable bonds is 4. The molecule has 0 fully saturated rings. The molecule has 2 aromatic carbocycles. The molecule has 0 radical (unpaired) electrons. The van der Waals surface area contributed by atoms with E-state index in [4.69, 9.17) is 15.2 Å². The van der Waals surface area contributed by atoms with Crippen LogP contribution in [-0.2, 0) is 0 Å². The molecule has 0 aromatic heterocycles. The second-order valence-electron chi connectivity index (χ2n) is 4.37. The molecule has 2 N–H and O–H groups in total. The maximum Gasteiger partial charge on any atom is 0.133 e. The third-order valence-electron chi connectivity index (χ3n) is 3.13. The Hall–Kier alpha value is -0.560. The quantitative estimate of drug-likeness (QED) is 0.668. The lowest BCUT2D eigenvalue weighted by atomic mass is 9.98. The SMILES string of the molecule is COc1cc(C(N)c2cc(Br)ccc2Br)c(OC)cc1Br. The molecular formula is C15H14Br3NO2. The number of nitrogens with two attached hydrogens (primary N) is 1. The van der Waals surface area contributed by atoms with Crippen molar-refractivity contribution in [2.45, 2.75) is 6.04 Å². The van der Waals surface area contributed by atoms with Gasteiger partial charge >= 0.3 is 0 Å². The lowest BCUT2D eigenvalue weighted by Gasteiger charge is -2.19. The van der Waals surface area contributed by atoms with Gasteiger partial charge in [0.15, 0.2) is 0 Å². The molecule has 1 atom stereocenters. The fourth-order valence-corrected chi connectivity index (χ4v) is 3.40. The molecule has 0 spiro atoms. The molecule has 2 rings (SSSR count). The van der Waals surface area contributed by atoms with E-state index in [1.54, 1.807) is 14.2 Å². The van der Waals surface area contributed by atoms with Gasteiger partial charge in [0.25, 0.3) is 0 Å². The summed E-state index contributed by atoms with van der Waals surface area (Å²) in [4.78, 5) is 0. The third-order valence-corrected chi connectivity index (χ3v) is 4.97. The van der Waals surface area contributed by atoms with Crippen molar-refractivity contribution >= 4 is 47.8 Å². The Labute approximate surface area is 149 Å². The van der Waals surface area contributed by atoms with Gasteiger partial charge in [0.05, 0.1) is 24.7 Å². The highest BCUT2D eigenvalue weighted by Crippen LogP contribution is 2.39. The van der Waals surface area contributed by atoms with Crippen molar-refractivity contribution in [2.24, 2.45) is 5.73 Å². The average molecular weight is 480 g/mol. The van der Waals surface area contributed by atoms with Gasteiger partial charge in [0, 0.05) is 14.5 Å². The van der Waals surface area contributed by atoms with Crippen molar-refractivity contribution in [1.29, 1.82) is 0 Å². The monoisotopic (exact) mass is 477 g/mol. The maximum absolute atomic E-state index is 6.43. The summed E-state index contributed by atoms with van der Waals surface area (Å²) in [5.41, 5.74) is 8.26. The summed E-state index contributed by atoms with van der Waals surface area (Å²) < 4.78 is 13.5. The predicted molar refractivity (Wildman–Crippen MR) is 95.1 cm³/mol. The van der Waals surface area contributed by atoms with Gasteiger partial charge in [-0.25, -0.2) is 0 Å². The standard InChI is InChI=1S/C15H14Br3NO2/c1-20-13-7-12(18)14(21-2)6-10(13)15(19)9-5-8(16)3-4-11(9)17/h3-7,15H,19H2,1-2H3. The Kier molecular flexibility index (Phi) is 5.71. The molecule has 0 saturated heterocycles. The van der Waals surface area contributed by atoms with Gasteiger partial charge in [-0.3, -0.25) is 0 Å². The summed E-state index contributed by atoms with van der Waals surface area (Å²) in [5, 5.41) is 0. The Morgan fingerprint density at radius 1 is 0.857 bits per heavy atom. The molecule has 0 aliphatic heterocycles. The first-order chi connectivity index (χ1) is 9.97. The van der Waals surface area contributed by atoms with E-state index in [2.05, 4.69) is 47.8 Å². The van der Waals surface area contributed by atoms with E-state index in [-0.39, 0.29) is 6.04 Å². The van der Waals surface area contributed by atoms with E-state index in [0.29, 0.717) is 11.5 Å². The Balaban J connectivity index is 2.56. The Morgan fingerprint density at radius 3 is 2.14 bits per heavy atom. The van der Waals surface area contributed by atoms with Crippen LogP contribution in [0.15, 0.2) is 43.7 Å². The summed E-state index contributed by atoms with van der Waals surface area (Å²) in [6.45, 7) is 0. The van der Waals surface area contributed by atoms with Gasteiger partial charge in [-0.1, -0.05) is 31.9 Å². The van der Waals surface area contributed by atoms with Crippen molar-refractivity contribution in [2.75, 3.05) is 14.2 Å². The largest absolute Gasteiger partial charge is 0.496 e. The highest BCUT2D eigenvalue weighted by atomic mass is 79.9. The van der Waals surface area contributed by atoms with Crippen LogP contribution in [0.3, 0.4) is 0 Å². The predicted octanol–water partition coefficient (Wildman–Crippen LogP) is 5.04. The van der Waals surface area contributed by atoms with E-state index in [1.165, 1.54) is 0 Å². The minimum atomic E-state index is -0.339. The highest BCUT2D eigenvalue weighted by molar-refractivity contribution is 9.11. The zero-order valence-electron chi connectivity index (χ0n) is 11.5. The first-order valence-corrected chi connectivity index (χ1v) is 8.47. The van der Waals surface area contributed by atoms with Crippen LogP contribution in [0, 0.1) is 0 Å². The molecule has 0 saturated carbocycles. The number of hydrogen-bond acceptors (Lipinski definition) is 3. The van der Waals surface area contributed by atoms with Crippen molar-refractivity contribution in [3.05, 3.63) is 54.9 Å². The fourth-order valence-electron chi connectivity index (χ4n) is 2.05. The number of hydrogen-bond donors (Lipinski definition) is 1. The Morgan fingerprint density at radius 2 is 1.52 bits per heavy atom. The molecule has 0 aliphatic rings. The van der Waals surface area contributed by atoms with Crippen LogP contribution in [0.5, 0.6) is 11.5 Å². The lowest BCUT2D eigenvalue weighted by Crippen LogP contribution is -2.14. The van der Waals surface area contributed by atoms with E-state index in [0.717, 1.165) is 24.5 Å². The van der Waals surface area contributed by atoms with E-state index in [9.17, 15) is 0 Å². The molecule has 0 amide bonds. The molecule has 112 valence electrons. The van der Waals surface area contributed by atoms with E-state index < -0.39 is 0 Å². The van der Waals surface area contributed by atoms with Crippen LogP contribution >= 0.6 is 47.8 Å². The maximum atomic E-state index is 6.43. The van der Waals surface area contributed by atoms with Crippen molar-refractivity contribution in [3.8, 4) is 11.5 Å².